The van der Waals surface area contributed by atoms with Crippen LogP contribution in [0.15, 0.2) is 23.6 Å². The van der Waals surface area contributed by atoms with Gasteiger partial charge in [0.15, 0.2) is 6.29 Å². The van der Waals surface area contributed by atoms with E-state index in [0.717, 1.165) is 29.0 Å². The van der Waals surface area contributed by atoms with Crippen molar-refractivity contribution in [3.63, 3.8) is 0 Å². The maximum Gasteiger partial charge on any atom is 0.181 e. The zero-order valence-electron chi connectivity index (χ0n) is 11.1. The molecule has 100 valence electrons. The number of anilines is 1. The van der Waals surface area contributed by atoms with Crippen molar-refractivity contribution in [2.75, 3.05) is 12.4 Å². The Morgan fingerprint density at radius 3 is 2.61 bits per heavy atom. The second-order valence-electron chi connectivity index (χ2n) is 3.89. The lowest BCUT2D eigenvalue weighted by Gasteiger charge is -2.10. The molecule has 0 atom stereocenters. The molecule has 0 aromatic carbocycles. The van der Waals surface area contributed by atoms with Crippen molar-refractivity contribution in [3.8, 4) is 0 Å². The van der Waals surface area contributed by atoms with Crippen LogP contribution in [0.1, 0.15) is 44.1 Å². The predicted molar refractivity (Wildman–Crippen MR) is 78.7 cm³/mol. The Morgan fingerprint density at radius 1 is 1.39 bits per heavy atom. The predicted octanol–water partition coefficient (Wildman–Crippen LogP) is 3.53. The Bertz CT molecular complexity index is 433. The number of nitrogens with one attached hydrogen (secondary N) is 1. The van der Waals surface area contributed by atoms with Crippen molar-refractivity contribution in [3.05, 3.63) is 34.7 Å². The minimum atomic E-state index is -1.45. The molecular formula is C14H21NO2S. The normalized spacial score (nSPS) is 12.7. The molecule has 0 fully saturated rings. The molecule has 3 N–H and O–H groups in total. The maximum atomic E-state index is 9.52. The minimum Gasteiger partial charge on any atom is -0.380 e. The molecule has 0 amide bonds. The Balaban J connectivity index is 3.24. The highest BCUT2D eigenvalue weighted by Gasteiger charge is 2.18. The van der Waals surface area contributed by atoms with E-state index < -0.39 is 6.29 Å². The summed E-state index contributed by atoms with van der Waals surface area (Å²) in [6.45, 7) is 4.15. The van der Waals surface area contributed by atoms with Crippen LogP contribution in [0, 0.1) is 0 Å². The maximum absolute atomic E-state index is 9.52. The number of rotatable bonds is 6. The van der Waals surface area contributed by atoms with Gasteiger partial charge in [-0.3, -0.25) is 0 Å². The lowest BCUT2D eigenvalue weighted by molar-refractivity contribution is -0.0418. The molecule has 0 saturated carbocycles. The first-order chi connectivity index (χ1) is 8.65. The van der Waals surface area contributed by atoms with Gasteiger partial charge in [-0.15, -0.1) is 11.3 Å². The average Bonchev–Trinajstić information content (AvgIpc) is 2.78. The van der Waals surface area contributed by atoms with Crippen molar-refractivity contribution in [2.45, 2.75) is 33.0 Å². The number of thiophene rings is 1. The molecule has 3 nitrogen and oxygen atoms in total. The smallest absolute Gasteiger partial charge is 0.181 e. The summed E-state index contributed by atoms with van der Waals surface area (Å²) in [5, 5.41) is 24.8. The van der Waals surface area contributed by atoms with E-state index in [2.05, 4.69) is 31.3 Å². The third-order valence-corrected chi connectivity index (χ3v) is 3.60. The van der Waals surface area contributed by atoms with Crippen molar-refractivity contribution in [1.29, 1.82) is 0 Å². The summed E-state index contributed by atoms with van der Waals surface area (Å²) in [4.78, 5) is 0. The lowest BCUT2D eigenvalue weighted by atomic mass is 10.0. The Hall–Kier alpha value is -1.10. The largest absolute Gasteiger partial charge is 0.380 e. The van der Waals surface area contributed by atoms with Crippen LogP contribution in [0.5, 0.6) is 0 Å². The molecule has 1 heterocycles. The second-order valence-corrected chi connectivity index (χ2v) is 4.77. The number of aliphatic hydroxyl groups excluding tert-OH is 1. The second kappa shape index (κ2) is 7.36. The minimum absolute atomic E-state index is 0.558. The highest BCUT2D eigenvalue weighted by molar-refractivity contribution is 7.14. The Morgan fingerprint density at radius 2 is 2.11 bits per heavy atom. The molecule has 0 unspecified atom stereocenters. The summed E-state index contributed by atoms with van der Waals surface area (Å²) in [6, 6.07) is 0. The van der Waals surface area contributed by atoms with Gasteiger partial charge in [0.1, 0.15) is 0 Å². The van der Waals surface area contributed by atoms with E-state index in [0.29, 0.717) is 5.56 Å². The summed E-state index contributed by atoms with van der Waals surface area (Å²) in [6.07, 6.45) is 6.63. The van der Waals surface area contributed by atoms with Crippen LogP contribution in [0.2, 0.25) is 0 Å². The molecular weight excluding hydrogens is 246 g/mol. The van der Waals surface area contributed by atoms with Gasteiger partial charge >= 0.3 is 0 Å². The fourth-order valence-electron chi connectivity index (χ4n) is 1.77. The molecule has 1 rings (SSSR count). The summed E-state index contributed by atoms with van der Waals surface area (Å²) in [7, 11) is 1.78. The Labute approximate surface area is 112 Å². The van der Waals surface area contributed by atoms with Gasteiger partial charge in [-0.25, -0.2) is 0 Å². The van der Waals surface area contributed by atoms with Crippen molar-refractivity contribution < 1.29 is 10.2 Å². The van der Waals surface area contributed by atoms with Gasteiger partial charge in [-0.2, -0.15) is 0 Å². The molecule has 1 aromatic heterocycles. The molecule has 1 aromatic rings. The van der Waals surface area contributed by atoms with Crippen molar-refractivity contribution >= 4 is 21.9 Å². The average molecular weight is 267 g/mol. The van der Waals surface area contributed by atoms with E-state index in [1.807, 2.05) is 11.5 Å². The van der Waals surface area contributed by atoms with E-state index in [4.69, 9.17) is 0 Å². The van der Waals surface area contributed by atoms with Gasteiger partial charge in [0.25, 0.3) is 0 Å². The number of hydrogen-bond acceptors (Lipinski definition) is 4. The van der Waals surface area contributed by atoms with Crippen LogP contribution >= 0.6 is 11.3 Å². The number of allylic oxidation sites excluding steroid dienone is 4. The third kappa shape index (κ3) is 3.45. The highest BCUT2D eigenvalue weighted by Crippen LogP contribution is 2.36. The van der Waals surface area contributed by atoms with Crippen LogP contribution in [0.4, 0.5) is 5.00 Å². The molecule has 0 radical (unpaired) electrons. The van der Waals surface area contributed by atoms with Gasteiger partial charge < -0.3 is 15.5 Å². The SMILES string of the molecule is CC/C=C\C(=C/CC)c1csc(NC)c1C(O)O. The third-order valence-electron chi connectivity index (χ3n) is 2.58. The summed E-state index contributed by atoms with van der Waals surface area (Å²) < 4.78 is 0. The van der Waals surface area contributed by atoms with Crippen LogP contribution in [-0.2, 0) is 0 Å². The fraction of sp³-hybridized carbons (Fsp3) is 0.429. The van der Waals surface area contributed by atoms with Gasteiger partial charge in [-0.05, 0) is 18.4 Å². The van der Waals surface area contributed by atoms with Gasteiger partial charge in [0.05, 0.1) is 5.00 Å². The van der Waals surface area contributed by atoms with E-state index in [1.54, 1.807) is 7.05 Å². The summed E-state index contributed by atoms with van der Waals surface area (Å²) in [5.74, 6) is 0. The molecule has 0 aliphatic carbocycles. The van der Waals surface area contributed by atoms with Crippen LogP contribution in [-0.4, -0.2) is 17.3 Å². The van der Waals surface area contributed by atoms with Crippen LogP contribution in [0.25, 0.3) is 5.57 Å². The molecule has 0 spiro atoms. The number of aliphatic hydroxyl groups is 2. The molecule has 4 heteroatoms. The number of hydrogen-bond donors (Lipinski definition) is 3. The zero-order valence-corrected chi connectivity index (χ0v) is 11.9. The van der Waals surface area contributed by atoms with Gasteiger partial charge in [-0.1, -0.05) is 32.1 Å². The van der Waals surface area contributed by atoms with Crippen LogP contribution in [0.3, 0.4) is 0 Å². The van der Waals surface area contributed by atoms with E-state index in [9.17, 15) is 10.2 Å². The van der Waals surface area contributed by atoms with Gasteiger partial charge in [0, 0.05) is 23.6 Å². The van der Waals surface area contributed by atoms with Gasteiger partial charge in [0.2, 0.25) is 0 Å². The lowest BCUT2D eigenvalue weighted by Crippen LogP contribution is -2.01. The van der Waals surface area contributed by atoms with Crippen molar-refractivity contribution in [1.82, 2.24) is 0 Å². The standard InChI is InChI=1S/C14H21NO2S/c1-4-6-8-10(7-5-2)11-9-18-13(15-3)12(11)14(16)17/h6-9,14-17H,4-5H2,1-3H3/b8-6-,10-7+. The summed E-state index contributed by atoms with van der Waals surface area (Å²) >= 11 is 1.49. The van der Waals surface area contributed by atoms with E-state index in [1.165, 1.54) is 11.3 Å². The highest BCUT2D eigenvalue weighted by atomic mass is 32.1. The molecule has 18 heavy (non-hydrogen) atoms. The molecule has 0 bridgehead atoms. The first-order valence-corrected chi connectivity index (χ1v) is 7.05. The van der Waals surface area contributed by atoms with Crippen LogP contribution < -0.4 is 5.32 Å². The van der Waals surface area contributed by atoms with E-state index in [-0.39, 0.29) is 0 Å². The molecule has 0 aliphatic heterocycles. The molecule has 0 aliphatic rings. The van der Waals surface area contributed by atoms with E-state index >= 15 is 0 Å². The fourth-order valence-corrected chi connectivity index (χ4v) is 2.73. The van der Waals surface area contributed by atoms with Crippen molar-refractivity contribution in [2.24, 2.45) is 0 Å². The first-order valence-electron chi connectivity index (χ1n) is 6.17. The zero-order chi connectivity index (χ0) is 13.5. The summed E-state index contributed by atoms with van der Waals surface area (Å²) in [5.41, 5.74) is 2.49. The quantitative estimate of drug-likeness (QED) is 0.546. The Kier molecular flexibility index (Phi) is 6.12. The topological polar surface area (TPSA) is 52.5 Å². The monoisotopic (exact) mass is 267 g/mol. The first kappa shape index (κ1) is 15.0. The molecule has 0 saturated heterocycles.